The van der Waals surface area contributed by atoms with Crippen molar-refractivity contribution in [2.24, 2.45) is 0 Å². The SMILES string of the molecule is CC(C)(C)[Si](C)(C)O[C@H]1[C@H](OCc2ccccc2)[C@H](OC(=O)c2ccccc2)[C@@H](OC(=N)C(Cl)(Cl)Cl)O[C@@H]1COCc1ccccc1. The average molecular weight is 723 g/mol. The zero-order valence-electron chi connectivity index (χ0n) is 27.2. The minimum absolute atomic E-state index is 0.0691. The first-order valence-corrected chi connectivity index (χ1v) is 19.4. The summed E-state index contributed by atoms with van der Waals surface area (Å²) in [5, 5.41) is 8.19. The number of rotatable bonds is 12. The second-order valence-electron chi connectivity index (χ2n) is 12.8. The highest BCUT2D eigenvalue weighted by molar-refractivity contribution is 6.76. The maximum absolute atomic E-state index is 13.5. The van der Waals surface area contributed by atoms with Gasteiger partial charge in [-0.2, -0.15) is 0 Å². The number of hydrogen-bond acceptors (Lipinski definition) is 8. The van der Waals surface area contributed by atoms with Gasteiger partial charge in [0.15, 0.2) is 14.4 Å². The Hall–Kier alpha value is -2.47. The van der Waals surface area contributed by atoms with Crippen molar-refractivity contribution >= 4 is 55.0 Å². The summed E-state index contributed by atoms with van der Waals surface area (Å²) in [5.41, 5.74) is 2.17. The van der Waals surface area contributed by atoms with Crippen LogP contribution in [-0.4, -0.2) is 61.3 Å². The van der Waals surface area contributed by atoms with Crippen molar-refractivity contribution in [2.75, 3.05) is 6.61 Å². The Kier molecular flexibility index (Phi) is 12.9. The van der Waals surface area contributed by atoms with Gasteiger partial charge in [-0.3, -0.25) is 5.41 Å². The van der Waals surface area contributed by atoms with Gasteiger partial charge in [-0.05, 0) is 41.4 Å². The number of benzene rings is 3. The second kappa shape index (κ2) is 16.3. The van der Waals surface area contributed by atoms with E-state index in [1.807, 2.05) is 60.7 Å². The Morgan fingerprint density at radius 3 is 1.85 bits per heavy atom. The molecular formula is C35H42Cl3NO7Si. The standard InChI is InChI=1S/C35H42Cl3NO7Si/c1-34(2,3)47(4,5)46-28-27(23-41-21-24-15-9-6-10-16-24)43-32(45-33(39)35(36,37)38)30(44-31(40)26-19-13-8-14-20-26)29(28)42-22-25-17-11-7-12-18-25/h6-20,27-30,32,39H,21-23H2,1-5H3/t27-,28-,29+,30+,32-/m1/s1. The van der Waals surface area contributed by atoms with Crippen LogP contribution in [0.5, 0.6) is 0 Å². The molecule has 1 aliphatic rings. The van der Waals surface area contributed by atoms with E-state index < -0.39 is 54.7 Å². The summed E-state index contributed by atoms with van der Waals surface area (Å²) in [6.07, 6.45) is -5.14. The van der Waals surface area contributed by atoms with Crippen LogP contribution in [0.25, 0.3) is 0 Å². The van der Waals surface area contributed by atoms with Crippen LogP contribution in [0, 0.1) is 5.41 Å². The third-order valence-electron chi connectivity index (χ3n) is 8.25. The molecule has 0 saturated carbocycles. The molecule has 0 radical (unpaired) electrons. The molecule has 47 heavy (non-hydrogen) atoms. The first-order valence-electron chi connectivity index (χ1n) is 15.3. The zero-order valence-corrected chi connectivity index (χ0v) is 30.4. The molecule has 1 heterocycles. The molecule has 1 fully saturated rings. The van der Waals surface area contributed by atoms with E-state index >= 15 is 0 Å². The van der Waals surface area contributed by atoms with Gasteiger partial charge in [0.1, 0.15) is 18.3 Å². The van der Waals surface area contributed by atoms with E-state index in [1.54, 1.807) is 30.3 Å². The minimum atomic E-state index is -2.51. The molecule has 4 rings (SSSR count). The average Bonchev–Trinajstić information content (AvgIpc) is 3.02. The minimum Gasteiger partial charge on any atom is -0.449 e. The molecule has 1 saturated heterocycles. The lowest BCUT2D eigenvalue weighted by molar-refractivity contribution is -0.290. The number of carbonyl (C=O) groups is 1. The first-order chi connectivity index (χ1) is 22.2. The van der Waals surface area contributed by atoms with E-state index in [0.717, 1.165) is 11.1 Å². The summed E-state index contributed by atoms with van der Waals surface area (Å²) in [6.45, 7) is 11.2. The molecule has 3 aromatic carbocycles. The van der Waals surface area contributed by atoms with Crippen LogP contribution < -0.4 is 0 Å². The quantitative estimate of drug-likeness (QED) is 0.0659. The zero-order chi connectivity index (χ0) is 34.2. The van der Waals surface area contributed by atoms with Crippen LogP contribution >= 0.6 is 34.8 Å². The van der Waals surface area contributed by atoms with Gasteiger partial charge in [-0.25, -0.2) is 4.79 Å². The predicted octanol–water partition coefficient (Wildman–Crippen LogP) is 8.49. The molecule has 0 bridgehead atoms. The predicted molar refractivity (Wildman–Crippen MR) is 187 cm³/mol. The Morgan fingerprint density at radius 1 is 0.787 bits per heavy atom. The van der Waals surface area contributed by atoms with Crippen LogP contribution in [0.3, 0.4) is 0 Å². The lowest BCUT2D eigenvalue weighted by atomic mass is 9.98. The second-order valence-corrected chi connectivity index (χ2v) is 19.9. The van der Waals surface area contributed by atoms with Crippen LogP contribution in [0.15, 0.2) is 91.0 Å². The van der Waals surface area contributed by atoms with E-state index in [2.05, 4.69) is 33.9 Å². The Balaban J connectivity index is 1.76. The van der Waals surface area contributed by atoms with Crippen molar-refractivity contribution in [3.8, 4) is 0 Å². The van der Waals surface area contributed by atoms with E-state index in [-0.39, 0.29) is 18.3 Å². The number of halogens is 3. The molecule has 0 spiro atoms. The highest BCUT2D eigenvalue weighted by Crippen LogP contribution is 2.41. The molecule has 8 nitrogen and oxygen atoms in total. The van der Waals surface area contributed by atoms with Gasteiger partial charge < -0.3 is 28.1 Å². The van der Waals surface area contributed by atoms with Crippen LogP contribution in [0.1, 0.15) is 42.3 Å². The lowest BCUT2D eigenvalue weighted by Gasteiger charge is -2.49. The molecule has 1 N–H and O–H groups in total. The van der Waals surface area contributed by atoms with Gasteiger partial charge in [0.2, 0.25) is 12.2 Å². The van der Waals surface area contributed by atoms with Gasteiger partial charge in [0.05, 0.1) is 25.4 Å². The van der Waals surface area contributed by atoms with E-state index in [9.17, 15) is 4.79 Å². The van der Waals surface area contributed by atoms with Crippen molar-refractivity contribution < 1.29 is 32.9 Å². The number of hydrogen-bond donors (Lipinski definition) is 1. The summed E-state index contributed by atoms with van der Waals surface area (Å²) < 4.78 is 36.0. The molecular weight excluding hydrogens is 681 g/mol. The molecule has 0 amide bonds. The monoisotopic (exact) mass is 721 g/mol. The third kappa shape index (κ3) is 10.5. The van der Waals surface area contributed by atoms with Crippen molar-refractivity contribution in [3.05, 3.63) is 108 Å². The topological polar surface area (TPSA) is 96.3 Å². The van der Waals surface area contributed by atoms with Gasteiger partial charge in [0.25, 0.3) is 3.79 Å². The molecule has 0 unspecified atom stereocenters. The molecule has 5 atom stereocenters. The van der Waals surface area contributed by atoms with Crippen molar-refractivity contribution in [2.45, 2.75) is 86.6 Å². The first kappa shape index (κ1) is 37.3. The largest absolute Gasteiger partial charge is 0.449 e. The van der Waals surface area contributed by atoms with Gasteiger partial charge in [-0.1, -0.05) is 134 Å². The maximum atomic E-state index is 13.5. The Bertz CT molecular complexity index is 1440. The maximum Gasteiger partial charge on any atom is 0.338 e. The fourth-order valence-electron chi connectivity index (χ4n) is 4.66. The number of nitrogens with one attached hydrogen (secondary N) is 1. The Morgan fingerprint density at radius 2 is 1.32 bits per heavy atom. The van der Waals surface area contributed by atoms with Gasteiger partial charge in [-0.15, -0.1) is 0 Å². The smallest absolute Gasteiger partial charge is 0.338 e. The fraction of sp³-hybridized carbons (Fsp3) is 0.429. The highest BCUT2D eigenvalue weighted by Gasteiger charge is 2.54. The van der Waals surface area contributed by atoms with Crippen molar-refractivity contribution in [3.63, 3.8) is 0 Å². The molecule has 0 aliphatic carbocycles. The van der Waals surface area contributed by atoms with E-state index in [4.69, 9.17) is 68.3 Å². The Labute approximate surface area is 293 Å². The fourth-order valence-corrected chi connectivity index (χ4v) is 6.12. The summed E-state index contributed by atoms with van der Waals surface area (Å²) in [5.74, 6) is -1.35. The van der Waals surface area contributed by atoms with E-state index in [0.29, 0.717) is 12.2 Å². The van der Waals surface area contributed by atoms with Gasteiger partial charge >= 0.3 is 5.97 Å². The normalized spacial score (nSPS) is 22.0. The number of ether oxygens (including phenoxy) is 5. The third-order valence-corrected chi connectivity index (χ3v) is 13.2. The summed E-state index contributed by atoms with van der Waals surface area (Å²) in [4.78, 5) is 13.5. The highest BCUT2D eigenvalue weighted by atomic mass is 35.6. The lowest BCUT2D eigenvalue weighted by Crippen LogP contribution is -2.65. The van der Waals surface area contributed by atoms with Crippen molar-refractivity contribution in [1.29, 1.82) is 5.41 Å². The van der Waals surface area contributed by atoms with Gasteiger partial charge in [0, 0.05) is 0 Å². The number of carbonyl (C=O) groups excluding carboxylic acids is 1. The summed E-state index contributed by atoms with van der Waals surface area (Å²) in [7, 11) is -2.51. The summed E-state index contributed by atoms with van der Waals surface area (Å²) >= 11 is 18.1. The van der Waals surface area contributed by atoms with Crippen LogP contribution in [-0.2, 0) is 41.3 Å². The van der Waals surface area contributed by atoms with Crippen molar-refractivity contribution in [1.82, 2.24) is 0 Å². The number of alkyl halides is 3. The van der Waals surface area contributed by atoms with E-state index in [1.165, 1.54) is 0 Å². The number of esters is 1. The molecule has 3 aromatic rings. The molecule has 12 heteroatoms. The molecule has 1 aliphatic heterocycles. The molecule has 254 valence electrons. The van der Waals surface area contributed by atoms with Crippen LogP contribution in [0.4, 0.5) is 0 Å². The summed E-state index contributed by atoms with van der Waals surface area (Å²) in [6, 6.07) is 27.9. The van der Waals surface area contributed by atoms with Crippen LogP contribution in [0.2, 0.25) is 18.1 Å². The molecule has 0 aromatic heterocycles.